The Bertz CT molecular complexity index is 2200. The molecule has 222 valence electrons. The molecule has 45 heavy (non-hydrogen) atoms. The zero-order valence-electron chi connectivity index (χ0n) is 27.1. The van der Waals surface area contributed by atoms with E-state index in [2.05, 4.69) is 172 Å². The van der Waals surface area contributed by atoms with Crippen LogP contribution in [0.4, 0.5) is 0 Å². The molecule has 7 aromatic rings. The smallest absolute Gasteiger partial charge is 0.200 e. The van der Waals surface area contributed by atoms with Gasteiger partial charge in [-0.15, -0.1) is 0 Å². The van der Waals surface area contributed by atoms with E-state index in [1.54, 1.807) is 0 Å². The average Bonchev–Trinajstić information content (AvgIpc) is 3.06. The van der Waals surface area contributed by atoms with Crippen molar-refractivity contribution in [3.05, 3.63) is 144 Å². The van der Waals surface area contributed by atoms with Crippen LogP contribution in [0, 0.1) is 0 Å². The number of hydrogen-bond acceptors (Lipinski definition) is 0. The van der Waals surface area contributed by atoms with Crippen LogP contribution in [0.25, 0.3) is 54.8 Å². The van der Waals surface area contributed by atoms with Gasteiger partial charge >= 0.3 is 0 Å². The summed E-state index contributed by atoms with van der Waals surface area (Å²) in [6.45, 7) is 10.1. The Morgan fingerprint density at radius 2 is 1.29 bits per heavy atom. The van der Waals surface area contributed by atoms with Crippen molar-refractivity contribution in [3.8, 4) is 22.5 Å². The third kappa shape index (κ3) is 5.29. The first kappa shape index (κ1) is 28.9. The molecule has 0 aliphatic rings. The van der Waals surface area contributed by atoms with Crippen molar-refractivity contribution in [2.45, 2.75) is 52.5 Å². The topological polar surface area (TPSA) is 7.76 Å². The third-order valence-corrected chi connectivity index (χ3v) is 9.50. The van der Waals surface area contributed by atoms with E-state index in [1.165, 1.54) is 71.5 Å². The highest BCUT2D eigenvalue weighted by Crippen LogP contribution is 2.36. The molecule has 2 nitrogen and oxygen atoms in total. The highest BCUT2D eigenvalue weighted by molar-refractivity contribution is 6.18. The van der Waals surface area contributed by atoms with E-state index in [1.807, 2.05) is 0 Å². The first-order valence-electron chi connectivity index (χ1n) is 16.3. The predicted octanol–water partition coefficient (Wildman–Crippen LogP) is 9.69. The second kappa shape index (κ2) is 11.6. The summed E-state index contributed by atoms with van der Waals surface area (Å²) in [5.74, 6) is 0. The Morgan fingerprint density at radius 3 is 2.13 bits per heavy atom. The molecule has 0 saturated heterocycles. The van der Waals surface area contributed by atoms with E-state index in [0.717, 1.165) is 19.4 Å². The number of benzene rings is 5. The van der Waals surface area contributed by atoms with Crippen LogP contribution in [0.1, 0.15) is 44.4 Å². The Labute approximate surface area is 267 Å². The van der Waals surface area contributed by atoms with Crippen LogP contribution in [0.15, 0.2) is 128 Å². The van der Waals surface area contributed by atoms with Gasteiger partial charge in [0.2, 0.25) is 11.4 Å². The van der Waals surface area contributed by atoms with Gasteiger partial charge in [0, 0.05) is 35.6 Å². The summed E-state index contributed by atoms with van der Waals surface area (Å²) < 4.78 is 4.74. The fraction of sp³-hybridized carbons (Fsp3) is 0.209. The van der Waals surface area contributed by atoms with Crippen LogP contribution in [0.5, 0.6) is 0 Å². The van der Waals surface area contributed by atoms with Crippen molar-refractivity contribution >= 4 is 32.3 Å². The van der Waals surface area contributed by atoms with Gasteiger partial charge in [0.05, 0.1) is 10.9 Å². The zero-order valence-corrected chi connectivity index (χ0v) is 27.1. The van der Waals surface area contributed by atoms with Crippen LogP contribution < -0.4 is 9.13 Å². The minimum atomic E-state index is 0.0661. The van der Waals surface area contributed by atoms with Crippen LogP contribution in [-0.2, 0) is 31.8 Å². The fourth-order valence-corrected chi connectivity index (χ4v) is 7.02. The van der Waals surface area contributed by atoms with Crippen molar-refractivity contribution in [1.29, 1.82) is 0 Å². The lowest BCUT2D eigenvalue weighted by atomic mass is 9.83. The van der Waals surface area contributed by atoms with E-state index in [9.17, 15) is 0 Å². The molecule has 0 aliphatic carbocycles. The van der Waals surface area contributed by atoms with Gasteiger partial charge in [0.15, 0.2) is 18.9 Å². The predicted molar refractivity (Wildman–Crippen MR) is 189 cm³/mol. The van der Waals surface area contributed by atoms with E-state index in [0.29, 0.717) is 0 Å². The van der Waals surface area contributed by atoms with Gasteiger partial charge < -0.3 is 0 Å². The molecule has 0 spiro atoms. The molecule has 5 aromatic carbocycles. The Balaban J connectivity index is 1.38. The summed E-state index contributed by atoms with van der Waals surface area (Å²) in [7, 11) is 2.19. The Kier molecular flexibility index (Phi) is 7.45. The minimum Gasteiger partial charge on any atom is -0.200 e. The van der Waals surface area contributed by atoms with E-state index < -0.39 is 0 Å². The molecule has 2 aromatic heterocycles. The summed E-state index contributed by atoms with van der Waals surface area (Å²) >= 11 is 0. The first-order valence-corrected chi connectivity index (χ1v) is 16.3. The highest BCUT2D eigenvalue weighted by Gasteiger charge is 2.24. The van der Waals surface area contributed by atoms with Crippen molar-refractivity contribution in [2.24, 2.45) is 7.05 Å². The van der Waals surface area contributed by atoms with E-state index in [4.69, 9.17) is 0 Å². The SMILES string of the molecule is CCc1ccccc1-c1cccc[n+]1CCc1cc(C(C)(C)C)ccc1-c1c2ccc3c4ccccc4ccc3c2cc[n+]1C. The average molecular weight is 587 g/mol. The standard InChI is InChI=1S/C43H42N2/c1-6-30-13-7-10-16-35(30)41-17-11-12-26-45(41)28-24-32-29-33(43(2,3)4)19-21-36(32)42-40-23-22-37-34-15-9-8-14-31(34)18-20-38(37)39(40)25-27-44(42)5/h7-23,25-27,29H,6,24,28H2,1-5H3/q+2. The Morgan fingerprint density at radius 1 is 0.578 bits per heavy atom. The summed E-state index contributed by atoms with van der Waals surface area (Å²) in [4.78, 5) is 0. The molecule has 0 fully saturated rings. The lowest BCUT2D eigenvalue weighted by molar-refractivity contribution is -0.685. The summed E-state index contributed by atoms with van der Waals surface area (Å²) in [6.07, 6.45) is 6.43. The number of pyridine rings is 2. The van der Waals surface area contributed by atoms with Gasteiger partial charge in [-0.3, -0.25) is 0 Å². The molecule has 0 radical (unpaired) electrons. The van der Waals surface area contributed by atoms with Crippen molar-refractivity contribution in [2.75, 3.05) is 0 Å². The number of hydrogen-bond donors (Lipinski definition) is 0. The lowest BCUT2D eigenvalue weighted by Gasteiger charge is -2.21. The molecule has 0 amide bonds. The molecule has 2 heteroatoms. The first-order chi connectivity index (χ1) is 21.8. The molecule has 0 bridgehead atoms. The zero-order chi connectivity index (χ0) is 31.1. The normalized spacial score (nSPS) is 11.9. The molecule has 0 unspecified atom stereocenters. The summed E-state index contributed by atoms with van der Waals surface area (Å²) in [5.41, 5.74) is 9.39. The van der Waals surface area contributed by atoms with Crippen LogP contribution in [-0.4, -0.2) is 0 Å². The van der Waals surface area contributed by atoms with Gasteiger partial charge in [-0.25, -0.2) is 4.57 Å². The second-order valence-electron chi connectivity index (χ2n) is 13.3. The van der Waals surface area contributed by atoms with E-state index >= 15 is 0 Å². The van der Waals surface area contributed by atoms with Crippen molar-refractivity contribution < 1.29 is 9.13 Å². The highest BCUT2D eigenvalue weighted by atomic mass is 15.0. The molecule has 0 atom stereocenters. The number of nitrogens with zero attached hydrogens (tertiary/aromatic N) is 2. The maximum absolute atomic E-state index is 2.46. The van der Waals surface area contributed by atoms with Crippen LogP contribution in [0.3, 0.4) is 0 Å². The number of aromatic nitrogens is 2. The summed E-state index contributed by atoms with van der Waals surface area (Å²) in [6, 6.07) is 42.8. The van der Waals surface area contributed by atoms with Gasteiger partial charge in [-0.1, -0.05) is 100 Å². The molecule has 0 saturated carbocycles. The molecule has 0 N–H and O–H groups in total. The van der Waals surface area contributed by atoms with Gasteiger partial charge in [0.1, 0.15) is 7.05 Å². The molecular weight excluding hydrogens is 544 g/mol. The quantitative estimate of drug-likeness (QED) is 0.135. The third-order valence-electron chi connectivity index (χ3n) is 9.50. The number of aryl methyl sites for hydroxylation is 4. The van der Waals surface area contributed by atoms with Gasteiger partial charge in [-0.05, 0) is 74.3 Å². The monoisotopic (exact) mass is 586 g/mol. The van der Waals surface area contributed by atoms with Crippen molar-refractivity contribution in [1.82, 2.24) is 0 Å². The Hall–Kier alpha value is -4.82. The minimum absolute atomic E-state index is 0.0661. The van der Waals surface area contributed by atoms with Crippen LogP contribution in [0.2, 0.25) is 0 Å². The molecule has 2 heterocycles. The number of rotatable bonds is 6. The largest absolute Gasteiger partial charge is 0.220 e. The van der Waals surface area contributed by atoms with Crippen LogP contribution >= 0.6 is 0 Å². The summed E-state index contributed by atoms with van der Waals surface area (Å²) in [5, 5.41) is 7.79. The van der Waals surface area contributed by atoms with Gasteiger partial charge in [0.25, 0.3) is 0 Å². The van der Waals surface area contributed by atoms with E-state index in [-0.39, 0.29) is 5.41 Å². The van der Waals surface area contributed by atoms with Crippen molar-refractivity contribution in [3.63, 3.8) is 0 Å². The molecule has 7 rings (SSSR count). The molecule has 0 aliphatic heterocycles. The second-order valence-corrected chi connectivity index (χ2v) is 13.3. The number of fused-ring (bicyclic) bond motifs is 5. The lowest BCUT2D eigenvalue weighted by Crippen LogP contribution is -2.37. The van der Waals surface area contributed by atoms with Gasteiger partial charge in [-0.2, -0.15) is 4.57 Å². The maximum Gasteiger partial charge on any atom is 0.220 e. The maximum atomic E-state index is 2.46. The fourth-order valence-electron chi connectivity index (χ4n) is 7.02. The molecular formula is C43H42N2+2.